The third kappa shape index (κ3) is 2.01. The molecule has 5 heteroatoms. The summed E-state index contributed by atoms with van der Waals surface area (Å²) in [5, 5.41) is 12.3. The molecule has 0 aliphatic heterocycles. The normalized spacial score (nSPS) is 9.75. The smallest absolute Gasteiger partial charge is 0.241 e. The first-order valence-electron chi connectivity index (χ1n) is 4.67. The lowest BCUT2D eigenvalue weighted by atomic mass is 10.2. The van der Waals surface area contributed by atoms with Crippen LogP contribution in [0.5, 0.6) is 5.75 Å². The summed E-state index contributed by atoms with van der Waals surface area (Å²) in [5.74, 6) is 1.57. The summed E-state index contributed by atoms with van der Waals surface area (Å²) in [6.07, 6.45) is 0.128. The lowest BCUT2D eigenvalue weighted by Crippen LogP contribution is -1.85. The van der Waals surface area contributed by atoms with Gasteiger partial charge in [0.25, 0.3) is 0 Å². The Bertz CT molecular complexity index is 511. The van der Waals surface area contributed by atoms with Crippen LogP contribution < -0.4 is 4.74 Å². The maximum Gasteiger partial charge on any atom is 0.241 e. The van der Waals surface area contributed by atoms with Crippen LogP contribution in [0.2, 0.25) is 0 Å². The van der Waals surface area contributed by atoms with Crippen molar-refractivity contribution >= 4 is 0 Å². The van der Waals surface area contributed by atoms with Gasteiger partial charge in [0.15, 0.2) is 0 Å². The molecular weight excluding hydrogens is 206 g/mol. The van der Waals surface area contributed by atoms with Crippen molar-refractivity contribution in [3.63, 3.8) is 0 Å². The first-order valence-corrected chi connectivity index (χ1v) is 4.67. The number of benzene rings is 1. The lowest BCUT2D eigenvalue weighted by molar-refractivity contribution is 0.388. The van der Waals surface area contributed by atoms with E-state index >= 15 is 0 Å². The molecule has 2 aromatic rings. The van der Waals surface area contributed by atoms with Crippen molar-refractivity contribution in [3.8, 4) is 23.2 Å². The highest BCUT2D eigenvalue weighted by atomic mass is 16.5. The van der Waals surface area contributed by atoms with Gasteiger partial charge in [0.2, 0.25) is 11.7 Å². The second-order valence-corrected chi connectivity index (χ2v) is 3.08. The second-order valence-electron chi connectivity index (χ2n) is 3.08. The summed E-state index contributed by atoms with van der Waals surface area (Å²) < 4.78 is 9.94. The average Bonchev–Trinajstić information content (AvgIpc) is 2.78. The van der Waals surface area contributed by atoms with E-state index < -0.39 is 0 Å². The van der Waals surface area contributed by atoms with E-state index in [2.05, 4.69) is 10.1 Å². The fourth-order valence-corrected chi connectivity index (χ4v) is 1.25. The Morgan fingerprint density at radius 2 is 2.12 bits per heavy atom. The number of rotatable bonds is 3. The minimum Gasteiger partial charge on any atom is -0.497 e. The zero-order chi connectivity index (χ0) is 11.4. The van der Waals surface area contributed by atoms with E-state index in [4.69, 9.17) is 14.5 Å². The predicted octanol–water partition coefficient (Wildman–Crippen LogP) is 1.81. The molecule has 0 unspecified atom stereocenters. The highest BCUT2D eigenvalue weighted by molar-refractivity contribution is 5.55. The number of hydrogen-bond donors (Lipinski definition) is 0. The quantitative estimate of drug-likeness (QED) is 0.780. The van der Waals surface area contributed by atoms with Crippen LogP contribution in [0, 0.1) is 11.3 Å². The Morgan fingerprint density at radius 1 is 1.38 bits per heavy atom. The van der Waals surface area contributed by atoms with Crippen molar-refractivity contribution in [2.24, 2.45) is 0 Å². The number of nitrogens with zero attached hydrogens (tertiary/aromatic N) is 3. The van der Waals surface area contributed by atoms with Crippen molar-refractivity contribution in [1.82, 2.24) is 10.1 Å². The van der Waals surface area contributed by atoms with E-state index in [1.807, 2.05) is 30.3 Å². The Labute approximate surface area is 92.3 Å². The van der Waals surface area contributed by atoms with Gasteiger partial charge in [-0.05, 0) is 24.3 Å². The number of hydrogen-bond acceptors (Lipinski definition) is 5. The SMILES string of the molecule is COc1ccc(-c2noc(CC#N)n2)cc1. The van der Waals surface area contributed by atoms with Crippen LogP contribution in [-0.4, -0.2) is 17.3 Å². The number of ether oxygens (including phenoxy) is 1. The maximum atomic E-state index is 8.47. The lowest BCUT2D eigenvalue weighted by Gasteiger charge is -1.98. The molecule has 0 saturated heterocycles. The number of methoxy groups -OCH3 is 1. The highest BCUT2D eigenvalue weighted by Gasteiger charge is 2.07. The summed E-state index contributed by atoms with van der Waals surface area (Å²) in [6, 6.07) is 9.25. The van der Waals surface area contributed by atoms with Gasteiger partial charge in [0, 0.05) is 5.56 Å². The van der Waals surface area contributed by atoms with Crippen LogP contribution in [-0.2, 0) is 6.42 Å². The molecule has 0 amide bonds. The van der Waals surface area contributed by atoms with Gasteiger partial charge in [-0.15, -0.1) is 0 Å². The van der Waals surface area contributed by atoms with Crippen molar-refractivity contribution < 1.29 is 9.26 Å². The third-order valence-corrected chi connectivity index (χ3v) is 2.05. The fraction of sp³-hybridized carbons (Fsp3) is 0.182. The maximum absolute atomic E-state index is 8.47. The summed E-state index contributed by atoms with van der Waals surface area (Å²) in [4.78, 5) is 4.08. The molecule has 5 nitrogen and oxygen atoms in total. The topological polar surface area (TPSA) is 71.9 Å². The molecule has 2 rings (SSSR count). The van der Waals surface area contributed by atoms with Gasteiger partial charge < -0.3 is 9.26 Å². The van der Waals surface area contributed by atoms with Crippen LogP contribution in [0.3, 0.4) is 0 Å². The molecule has 16 heavy (non-hydrogen) atoms. The summed E-state index contributed by atoms with van der Waals surface area (Å²) in [7, 11) is 1.61. The van der Waals surface area contributed by atoms with E-state index in [1.165, 1.54) is 0 Å². The Morgan fingerprint density at radius 3 is 2.75 bits per heavy atom. The molecule has 0 spiro atoms. The van der Waals surface area contributed by atoms with Gasteiger partial charge in [-0.2, -0.15) is 10.2 Å². The van der Waals surface area contributed by atoms with Gasteiger partial charge in [0.05, 0.1) is 13.2 Å². The Kier molecular flexibility index (Phi) is 2.83. The Balaban J connectivity index is 2.25. The molecule has 1 heterocycles. The molecule has 0 fully saturated rings. The van der Waals surface area contributed by atoms with Gasteiger partial charge in [0.1, 0.15) is 12.2 Å². The monoisotopic (exact) mass is 215 g/mol. The van der Waals surface area contributed by atoms with Crippen molar-refractivity contribution in [3.05, 3.63) is 30.2 Å². The van der Waals surface area contributed by atoms with Gasteiger partial charge >= 0.3 is 0 Å². The molecular formula is C11H9N3O2. The molecule has 0 atom stereocenters. The fourth-order valence-electron chi connectivity index (χ4n) is 1.25. The number of aromatic nitrogens is 2. The molecule has 0 aliphatic rings. The third-order valence-electron chi connectivity index (χ3n) is 2.05. The van der Waals surface area contributed by atoms with Gasteiger partial charge in [-0.3, -0.25) is 0 Å². The van der Waals surface area contributed by atoms with E-state index in [0.29, 0.717) is 11.7 Å². The van der Waals surface area contributed by atoms with Crippen molar-refractivity contribution in [1.29, 1.82) is 5.26 Å². The molecule has 0 bridgehead atoms. The minimum atomic E-state index is 0.128. The molecule has 1 aromatic carbocycles. The van der Waals surface area contributed by atoms with Crippen LogP contribution in [0.25, 0.3) is 11.4 Å². The van der Waals surface area contributed by atoms with Gasteiger partial charge in [-0.1, -0.05) is 5.16 Å². The molecule has 0 saturated carbocycles. The zero-order valence-corrected chi connectivity index (χ0v) is 8.67. The molecule has 0 aliphatic carbocycles. The standard InChI is InChI=1S/C11H9N3O2/c1-15-9-4-2-8(3-5-9)11-13-10(6-7-12)16-14-11/h2-5H,6H2,1H3. The molecule has 0 radical (unpaired) electrons. The van der Waals surface area contributed by atoms with Crippen molar-refractivity contribution in [2.45, 2.75) is 6.42 Å². The van der Waals surface area contributed by atoms with E-state index in [1.54, 1.807) is 7.11 Å². The van der Waals surface area contributed by atoms with E-state index in [0.717, 1.165) is 11.3 Å². The van der Waals surface area contributed by atoms with Crippen LogP contribution in [0.1, 0.15) is 5.89 Å². The first-order chi connectivity index (χ1) is 7.83. The predicted molar refractivity (Wildman–Crippen MR) is 55.6 cm³/mol. The second kappa shape index (κ2) is 4.45. The van der Waals surface area contributed by atoms with Gasteiger partial charge in [-0.25, -0.2) is 0 Å². The molecule has 0 N–H and O–H groups in total. The van der Waals surface area contributed by atoms with Crippen LogP contribution >= 0.6 is 0 Å². The summed E-state index contributed by atoms with van der Waals surface area (Å²) in [5.41, 5.74) is 0.828. The average molecular weight is 215 g/mol. The summed E-state index contributed by atoms with van der Waals surface area (Å²) in [6.45, 7) is 0. The molecule has 1 aromatic heterocycles. The zero-order valence-electron chi connectivity index (χ0n) is 8.67. The first kappa shape index (κ1) is 10.2. The van der Waals surface area contributed by atoms with E-state index in [9.17, 15) is 0 Å². The van der Waals surface area contributed by atoms with Crippen LogP contribution in [0.4, 0.5) is 0 Å². The molecule has 80 valence electrons. The minimum absolute atomic E-state index is 0.128. The van der Waals surface area contributed by atoms with Crippen LogP contribution in [0.15, 0.2) is 28.8 Å². The largest absolute Gasteiger partial charge is 0.497 e. The highest BCUT2D eigenvalue weighted by Crippen LogP contribution is 2.19. The Hall–Kier alpha value is -2.35. The van der Waals surface area contributed by atoms with Crippen molar-refractivity contribution in [2.75, 3.05) is 7.11 Å². The van der Waals surface area contributed by atoms with E-state index in [-0.39, 0.29) is 6.42 Å². The summed E-state index contributed by atoms with van der Waals surface area (Å²) >= 11 is 0. The number of nitriles is 1.